The van der Waals surface area contributed by atoms with E-state index >= 15 is 0 Å². The lowest BCUT2D eigenvalue weighted by atomic mass is 9.97. The number of methoxy groups -OCH3 is 3. The molecule has 1 heterocycles. The highest BCUT2D eigenvalue weighted by atomic mass is 16.5. The summed E-state index contributed by atoms with van der Waals surface area (Å²) in [5, 5.41) is 0. The Morgan fingerprint density at radius 1 is 1.14 bits per heavy atom. The predicted molar refractivity (Wildman–Crippen MR) is 84.8 cm³/mol. The molecule has 0 saturated carbocycles. The van der Waals surface area contributed by atoms with E-state index in [4.69, 9.17) is 14.2 Å². The lowest BCUT2D eigenvalue weighted by molar-refractivity contribution is -0.128. The molecule has 0 unspecified atom stereocenters. The molecule has 1 saturated heterocycles. The van der Waals surface area contributed by atoms with Gasteiger partial charge < -0.3 is 19.1 Å². The van der Waals surface area contributed by atoms with Crippen molar-refractivity contribution in [2.45, 2.75) is 39.2 Å². The summed E-state index contributed by atoms with van der Waals surface area (Å²) in [6.07, 6.45) is 1.54. The molecule has 0 atom stereocenters. The van der Waals surface area contributed by atoms with Crippen molar-refractivity contribution in [1.29, 1.82) is 0 Å². The Morgan fingerprint density at radius 2 is 1.82 bits per heavy atom. The summed E-state index contributed by atoms with van der Waals surface area (Å²) in [7, 11) is 4.91. The molecule has 1 fully saturated rings. The maximum Gasteiger partial charge on any atom is 0.222 e. The molecule has 22 heavy (non-hydrogen) atoms. The van der Waals surface area contributed by atoms with Gasteiger partial charge in [0.1, 0.15) is 5.75 Å². The minimum absolute atomic E-state index is 0.188. The van der Waals surface area contributed by atoms with Crippen molar-refractivity contribution in [3.05, 3.63) is 17.2 Å². The summed E-state index contributed by atoms with van der Waals surface area (Å²) in [4.78, 5) is 13.7. The van der Waals surface area contributed by atoms with Crippen molar-refractivity contribution in [2.24, 2.45) is 0 Å². The van der Waals surface area contributed by atoms with Gasteiger partial charge >= 0.3 is 0 Å². The number of nitrogens with zero attached hydrogens (tertiary/aromatic N) is 1. The zero-order valence-electron chi connectivity index (χ0n) is 14.1. The van der Waals surface area contributed by atoms with E-state index in [9.17, 15) is 4.79 Å². The molecule has 0 N–H and O–H groups in total. The number of carbonyl (C=O) groups is 1. The summed E-state index contributed by atoms with van der Waals surface area (Å²) >= 11 is 0. The van der Waals surface area contributed by atoms with Crippen molar-refractivity contribution in [3.8, 4) is 17.2 Å². The summed E-state index contributed by atoms with van der Waals surface area (Å²) in [6.45, 7) is 5.48. The summed E-state index contributed by atoms with van der Waals surface area (Å²) in [6, 6.07) is 1.96. The van der Waals surface area contributed by atoms with Gasteiger partial charge in [0, 0.05) is 30.6 Å². The molecule has 122 valence electrons. The molecule has 0 bridgehead atoms. The second-order valence-corrected chi connectivity index (χ2v) is 5.79. The van der Waals surface area contributed by atoms with E-state index in [0.29, 0.717) is 24.5 Å². The average Bonchev–Trinajstić information content (AvgIpc) is 2.90. The second-order valence-electron chi connectivity index (χ2n) is 5.79. The normalized spacial score (nSPS) is 14.6. The first-order valence-electron chi connectivity index (χ1n) is 7.63. The Bertz CT molecular complexity index is 554. The van der Waals surface area contributed by atoms with E-state index in [2.05, 4.69) is 13.8 Å². The van der Waals surface area contributed by atoms with Gasteiger partial charge in [0.2, 0.25) is 5.91 Å². The van der Waals surface area contributed by atoms with Crippen molar-refractivity contribution >= 4 is 5.91 Å². The van der Waals surface area contributed by atoms with Crippen molar-refractivity contribution in [2.75, 3.05) is 27.9 Å². The molecule has 1 aromatic rings. The quantitative estimate of drug-likeness (QED) is 0.810. The Morgan fingerprint density at radius 3 is 2.27 bits per heavy atom. The summed E-state index contributed by atoms with van der Waals surface area (Å²) < 4.78 is 16.7. The van der Waals surface area contributed by atoms with E-state index in [1.165, 1.54) is 0 Å². The molecule has 1 aliphatic rings. The van der Waals surface area contributed by atoms with E-state index in [1.54, 1.807) is 21.3 Å². The second kappa shape index (κ2) is 6.90. The lowest BCUT2D eigenvalue weighted by Gasteiger charge is -2.24. The van der Waals surface area contributed by atoms with Crippen molar-refractivity contribution in [1.82, 2.24) is 4.90 Å². The smallest absolute Gasteiger partial charge is 0.222 e. The van der Waals surface area contributed by atoms with Gasteiger partial charge in [-0.15, -0.1) is 0 Å². The fraction of sp³-hybridized carbons (Fsp3) is 0.588. The first-order valence-corrected chi connectivity index (χ1v) is 7.63. The van der Waals surface area contributed by atoms with Crippen molar-refractivity contribution in [3.63, 3.8) is 0 Å². The molecule has 2 rings (SSSR count). The maximum absolute atomic E-state index is 11.9. The molecular formula is C17H25NO4. The Labute approximate surface area is 132 Å². The molecule has 0 aromatic heterocycles. The monoisotopic (exact) mass is 307 g/mol. The van der Waals surface area contributed by atoms with Gasteiger partial charge in [0.25, 0.3) is 0 Å². The Kier molecular flexibility index (Phi) is 5.16. The highest BCUT2D eigenvalue weighted by molar-refractivity contribution is 5.78. The topological polar surface area (TPSA) is 48.0 Å². The Balaban J connectivity index is 2.50. The van der Waals surface area contributed by atoms with Gasteiger partial charge in [-0.1, -0.05) is 13.8 Å². The standard InChI is InChI=1S/C17H25NO4/c1-11(2)15-13(20-3)9-12(16(21-4)17(15)22-5)10-18-8-6-7-14(18)19/h9,11H,6-8,10H2,1-5H3. The predicted octanol–water partition coefficient (Wildman–Crippen LogP) is 2.96. The van der Waals surface area contributed by atoms with Crippen LogP contribution in [-0.4, -0.2) is 38.7 Å². The van der Waals surface area contributed by atoms with Gasteiger partial charge in [-0.25, -0.2) is 0 Å². The van der Waals surface area contributed by atoms with Crippen LogP contribution in [0.5, 0.6) is 17.2 Å². The Hall–Kier alpha value is -1.91. The molecule has 1 amide bonds. The molecular weight excluding hydrogens is 282 g/mol. The summed E-state index contributed by atoms with van der Waals surface area (Å²) in [5.74, 6) is 2.58. The number of benzene rings is 1. The zero-order valence-corrected chi connectivity index (χ0v) is 14.1. The van der Waals surface area contributed by atoms with Crippen LogP contribution >= 0.6 is 0 Å². The number of likely N-dealkylation sites (tertiary alicyclic amines) is 1. The van der Waals surface area contributed by atoms with Crippen LogP contribution in [0, 0.1) is 0 Å². The molecule has 1 aromatic carbocycles. The third kappa shape index (κ3) is 2.98. The first-order chi connectivity index (χ1) is 10.5. The van der Waals surface area contributed by atoms with E-state index in [0.717, 1.165) is 29.8 Å². The number of hydrogen-bond acceptors (Lipinski definition) is 4. The van der Waals surface area contributed by atoms with Crippen LogP contribution in [0.15, 0.2) is 6.07 Å². The van der Waals surface area contributed by atoms with Crippen molar-refractivity contribution < 1.29 is 19.0 Å². The SMILES string of the molecule is COc1cc(CN2CCCC2=O)c(OC)c(OC)c1C(C)C. The molecule has 0 aliphatic carbocycles. The van der Waals surface area contributed by atoms with Crippen LogP contribution in [0.3, 0.4) is 0 Å². The van der Waals surface area contributed by atoms with Crippen LogP contribution in [0.25, 0.3) is 0 Å². The van der Waals surface area contributed by atoms with Gasteiger partial charge in [0.15, 0.2) is 11.5 Å². The molecule has 0 spiro atoms. The third-order valence-electron chi connectivity index (χ3n) is 4.05. The van der Waals surface area contributed by atoms with Crippen LogP contribution in [0.4, 0.5) is 0 Å². The molecule has 1 aliphatic heterocycles. The van der Waals surface area contributed by atoms with Gasteiger partial charge in [-0.3, -0.25) is 4.79 Å². The summed E-state index contributed by atoms with van der Waals surface area (Å²) in [5.41, 5.74) is 1.90. The lowest BCUT2D eigenvalue weighted by Crippen LogP contribution is -2.24. The number of hydrogen-bond donors (Lipinski definition) is 0. The number of ether oxygens (including phenoxy) is 3. The third-order valence-corrected chi connectivity index (χ3v) is 4.05. The largest absolute Gasteiger partial charge is 0.496 e. The van der Waals surface area contributed by atoms with Crippen LogP contribution in [0.1, 0.15) is 43.7 Å². The fourth-order valence-electron chi connectivity index (χ4n) is 3.02. The van der Waals surface area contributed by atoms with Crippen LogP contribution in [-0.2, 0) is 11.3 Å². The number of rotatable bonds is 6. The van der Waals surface area contributed by atoms with Crippen LogP contribution in [0.2, 0.25) is 0 Å². The van der Waals surface area contributed by atoms with E-state index < -0.39 is 0 Å². The number of carbonyl (C=O) groups excluding carboxylic acids is 1. The fourth-order valence-corrected chi connectivity index (χ4v) is 3.02. The minimum atomic E-state index is 0.188. The van der Waals surface area contributed by atoms with E-state index in [1.807, 2.05) is 11.0 Å². The molecule has 5 nitrogen and oxygen atoms in total. The zero-order chi connectivity index (χ0) is 16.3. The first kappa shape index (κ1) is 16.5. The highest BCUT2D eigenvalue weighted by Gasteiger charge is 2.26. The van der Waals surface area contributed by atoms with Crippen LogP contribution < -0.4 is 14.2 Å². The van der Waals surface area contributed by atoms with Gasteiger partial charge in [-0.05, 0) is 18.4 Å². The highest BCUT2D eigenvalue weighted by Crippen LogP contribution is 2.44. The van der Waals surface area contributed by atoms with Gasteiger partial charge in [0.05, 0.1) is 21.3 Å². The van der Waals surface area contributed by atoms with E-state index in [-0.39, 0.29) is 11.8 Å². The molecule has 5 heteroatoms. The average molecular weight is 307 g/mol. The molecule has 0 radical (unpaired) electrons. The number of amides is 1. The minimum Gasteiger partial charge on any atom is -0.496 e. The maximum atomic E-state index is 11.9. The van der Waals surface area contributed by atoms with Gasteiger partial charge in [-0.2, -0.15) is 0 Å².